The Balaban J connectivity index is 1.15. The summed E-state index contributed by atoms with van der Waals surface area (Å²) >= 11 is 0. The minimum Gasteiger partial charge on any atom is -0.208 e. The molecule has 0 amide bonds. The zero-order valence-corrected chi connectivity index (χ0v) is 27.0. The molecule has 236 valence electrons. The molecule has 2 saturated carbocycles. The predicted octanol–water partition coefficient (Wildman–Crippen LogP) is 9.96. The molecule has 6 nitrogen and oxygen atoms in total. The van der Waals surface area contributed by atoms with Crippen molar-refractivity contribution in [3.8, 4) is 68.3 Å². The van der Waals surface area contributed by atoms with Gasteiger partial charge in [0.1, 0.15) is 0 Å². The number of hydrogen-bond donors (Lipinski definition) is 0. The Bertz CT molecular complexity index is 2200. The zero-order valence-electron chi connectivity index (χ0n) is 27.0. The van der Waals surface area contributed by atoms with Crippen molar-refractivity contribution in [3.05, 3.63) is 145 Å². The van der Waals surface area contributed by atoms with Gasteiger partial charge in [0, 0.05) is 33.4 Å². The maximum absolute atomic E-state index is 5.10. The molecule has 6 heteroatoms. The molecule has 2 fully saturated rings. The second kappa shape index (κ2) is 12.6. The van der Waals surface area contributed by atoms with Crippen LogP contribution in [0, 0.1) is 11.8 Å². The summed E-state index contributed by atoms with van der Waals surface area (Å²) < 4.78 is 0. The lowest BCUT2D eigenvalue weighted by molar-refractivity contribution is 0.420. The smallest absolute Gasteiger partial charge is 0.164 e. The topological polar surface area (TPSA) is 77.3 Å². The van der Waals surface area contributed by atoms with Gasteiger partial charge in [-0.2, -0.15) is 0 Å². The van der Waals surface area contributed by atoms with E-state index in [0.717, 1.165) is 45.2 Å². The molecule has 0 radical (unpaired) electrons. The molecule has 3 atom stereocenters. The van der Waals surface area contributed by atoms with Gasteiger partial charge in [0.2, 0.25) is 0 Å². The Hall–Kier alpha value is -5.88. The fourth-order valence-electron chi connectivity index (χ4n) is 7.65. The third-order valence-corrected chi connectivity index (χ3v) is 10.1. The highest BCUT2D eigenvalue weighted by Gasteiger charge is 2.40. The molecular weight excluding hydrogens is 601 g/mol. The fourth-order valence-corrected chi connectivity index (χ4v) is 7.65. The van der Waals surface area contributed by atoms with Crippen LogP contribution in [-0.4, -0.2) is 29.9 Å². The number of aromatic nitrogens is 6. The molecule has 0 saturated heterocycles. The van der Waals surface area contributed by atoms with Crippen LogP contribution in [0.2, 0.25) is 0 Å². The number of nitrogens with zero attached hydrogens (tertiary/aromatic N) is 6. The Morgan fingerprint density at radius 2 is 0.735 bits per heavy atom. The molecular formula is C43H34N6. The van der Waals surface area contributed by atoms with Gasteiger partial charge in [0.15, 0.2) is 34.9 Å². The average Bonchev–Trinajstić information content (AvgIpc) is 3.83. The summed E-state index contributed by atoms with van der Waals surface area (Å²) in [7, 11) is 0. The second-order valence-corrected chi connectivity index (χ2v) is 13.2. The van der Waals surface area contributed by atoms with Crippen LogP contribution in [0.4, 0.5) is 0 Å². The largest absolute Gasteiger partial charge is 0.208 e. The molecule has 2 aliphatic carbocycles. The van der Waals surface area contributed by atoms with Crippen LogP contribution in [0.25, 0.3) is 68.3 Å². The van der Waals surface area contributed by atoms with E-state index in [4.69, 9.17) is 29.9 Å². The van der Waals surface area contributed by atoms with Crippen LogP contribution in [0.3, 0.4) is 0 Å². The highest BCUT2D eigenvalue weighted by atomic mass is 15.0. The normalized spacial score (nSPS) is 18.1. The van der Waals surface area contributed by atoms with Crippen LogP contribution < -0.4 is 0 Å². The Morgan fingerprint density at radius 3 is 1.14 bits per heavy atom. The Morgan fingerprint density at radius 1 is 0.347 bits per heavy atom. The van der Waals surface area contributed by atoms with E-state index in [2.05, 4.69) is 30.3 Å². The lowest BCUT2D eigenvalue weighted by atomic mass is 9.83. The fraction of sp³-hybridized carbons (Fsp3) is 0.163. The van der Waals surface area contributed by atoms with Gasteiger partial charge in [-0.05, 0) is 54.7 Å². The van der Waals surface area contributed by atoms with E-state index < -0.39 is 0 Å². The minimum absolute atomic E-state index is 0.589. The van der Waals surface area contributed by atoms with Crippen molar-refractivity contribution in [1.82, 2.24) is 29.9 Å². The van der Waals surface area contributed by atoms with Gasteiger partial charge < -0.3 is 0 Å². The monoisotopic (exact) mass is 634 g/mol. The SMILES string of the molecule is c1ccc(-c2nc(-c3ccccc3)nc(-c3cccc(-c4nc(-c5ccccc5)nc(-c5cccc(C6CC7CCC6C7)c5)n4)c3)n2)cc1. The molecule has 49 heavy (non-hydrogen) atoms. The Labute approximate surface area is 286 Å². The maximum atomic E-state index is 5.10. The first-order chi connectivity index (χ1) is 24.2. The van der Waals surface area contributed by atoms with Crippen molar-refractivity contribution in [1.29, 1.82) is 0 Å². The average molecular weight is 635 g/mol. The van der Waals surface area contributed by atoms with E-state index in [-0.39, 0.29) is 0 Å². The molecule has 0 aliphatic heterocycles. The summed E-state index contributed by atoms with van der Waals surface area (Å²) in [5.74, 6) is 6.09. The summed E-state index contributed by atoms with van der Waals surface area (Å²) in [6.45, 7) is 0. The van der Waals surface area contributed by atoms with Crippen LogP contribution in [0.15, 0.2) is 140 Å². The van der Waals surface area contributed by atoms with E-state index >= 15 is 0 Å². The lowest BCUT2D eigenvalue weighted by Crippen LogP contribution is -2.08. The third-order valence-electron chi connectivity index (χ3n) is 10.1. The van der Waals surface area contributed by atoms with Crippen LogP contribution >= 0.6 is 0 Å². The van der Waals surface area contributed by atoms with Crippen molar-refractivity contribution < 1.29 is 0 Å². The first-order valence-corrected chi connectivity index (χ1v) is 17.1. The van der Waals surface area contributed by atoms with Crippen molar-refractivity contribution >= 4 is 0 Å². The number of benzene rings is 5. The zero-order chi connectivity index (χ0) is 32.6. The van der Waals surface area contributed by atoms with Crippen LogP contribution in [-0.2, 0) is 0 Å². The molecule has 2 aliphatic rings. The molecule has 2 bridgehead atoms. The molecule has 5 aromatic carbocycles. The first kappa shape index (κ1) is 29.3. The van der Waals surface area contributed by atoms with Gasteiger partial charge in [-0.1, -0.05) is 134 Å². The highest BCUT2D eigenvalue weighted by molar-refractivity contribution is 5.72. The molecule has 2 aromatic heterocycles. The van der Waals surface area contributed by atoms with Gasteiger partial charge in [0.05, 0.1) is 0 Å². The predicted molar refractivity (Wildman–Crippen MR) is 194 cm³/mol. The van der Waals surface area contributed by atoms with Crippen molar-refractivity contribution in [3.63, 3.8) is 0 Å². The number of rotatable bonds is 7. The maximum Gasteiger partial charge on any atom is 0.164 e. The van der Waals surface area contributed by atoms with Crippen LogP contribution in [0.1, 0.15) is 37.2 Å². The quantitative estimate of drug-likeness (QED) is 0.174. The van der Waals surface area contributed by atoms with E-state index in [0.29, 0.717) is 40.9 Å². The lowest BCUT2D eigenvalue weighted by Gasteiger charge is -2.22. The summed E-state index contributed by atoms with van der Waals surface area (Å²) in [4.78, 5) is 29.9. The van der Waals surface area contributed by atoms with E-state index in [1.165, 1.54) is 31.2 Å². The second-order valence-electron chi connectivity index (χ2n) is 13.2. The first-order valence-electron chi connectivity index (χ1n) is 17.1. The van der Waals surface area contributed by atoms with Gasteiger partial charge in [-0.3, -0.25) is 0 Å². The molecule has 2 heterocycles. The van der Waals surface area contributed by atoms with Gasteiger partial charge in [-0.25, -0.2) is 29.9 Å². The van der Waals surface area contributed by atoms with Crippen LogP contribution in [0.5, 0.6) is 0 Å². The van der Waals surface area contributed by atoms with E-state index in [9.17, 15) is 0 Å². The highest BCUT2D eigenvalue weighted by Crippen LogP contribution is 2.53. The standard InChI is InChI=1S/C43H34N6/c1-4-12-29(13-5-1)38-44-39(30-14-6-2-7-15-30)46-42(45-38)35-20-11-21-36(27-35)43-48-40(31-16-8-3-9-17-31)47-41(49-43)34-19-10-18-32(26-34)37-25-28-22-23-33(37)24-28/h1-21,26-28,33,37H,22-25H2. The van der Waals surface area contributed by atoms with Crippen molar-refractivity contribution in [2.75, 3.05) is 0 Å². The molecule has 3 unspecified atom stereocenters. The van der Waals surface area contributed by atoms with Gasteiger partial charge in [0.25, 0.3) is 0 Å². The molecule has 0 N–H and O–H groups in total. The van der Waals surface area contributed by atoms with Crippen molar-refractivity contribution in [2.24, 2.45) is 11.8 Å². The molecule has 0 spiro atoms. The summed E-state index contributed by atoms with van der Waals surface area (Å²) in [5.41, 5.74) is 6.97. The third kappa shape index (κ3) is 5.91. The number of fused-ring (bicyclic) bond motifs is 2. The van der Waals surface area contributed by atoms with Gasteiger partial charge >= 0.3 is 0 Å². The molecule has 7 aromatic rings. The Kier molecular flexibility index (Phi) is 7.54. The minimum atomic E-state index is 0.589. The number of hydrogen-bond acceptors (Lipinski definition) is 6. The summed E-state index contributed by atoms with van der Waals surface area (Å²) in [5, 5.41) is 0. The van der Waals surface area contributed by atoms with Gasteiger partial charge in [-0.15, -0.1) is 0 Å². The molecule has 9 rings (SSSR count). The summed E-state index contributed by atoms with van der Waals surface area (Å²) in [6, 6.07) is 47.3. The summed E-state index contributed by atoms with van der Waals surface area (Å²) in [6.07, 6.45) is 5.42. The van der Waals surface area contributed by atoms with Crippen molar-refractivity contribution in [2.45, 2.75) is 31.6 Å². The van der Waals surface area contributed by atoms with E-state index in [1.807, 2.05) is 109 Å². The van der Waals surface area contributed by atoms with E-state index in [1.54, 1.807) is 0 Å².